The van der Waals surface area contributed by atoms with Gasteiger partial charge in [-0.15, -0.1) is 0 Å². The van der Waals surface area contributed by atoms with Gasteiger partial charge in [0.2, 0.25) is 0 Å². The molecule has 2 heteroatoms. The zero-order valence-electron chi connectivity index (χ0n) is 10.6. The minimum absolute atomic E-state index is 0.824. The van der Waals surface area contributed by atoms with Crippen LogP contribution in [0.5, 0.6) is 0 Å². The van der Waals surface area contributed by atoms with Gasteiger partial charge in [-0.25, -0.2) is 0 Å². The highest BCUT2D eigenvalue weighted by Gasteiger charge is 2.32. The van der Waals surface area contributed by atoms with Crippen LogP contribution in [0.1, 0.15) is 51.9 Å². The molecule has 1 N–H and O–H groups in total. The number of nitrogens with zero attached hydrogens (tertiary/aromatic N) is 1. The van der Waals surface area contributed by atoms with Gasteiger partial charge in [-0.05, 0) is 64.0 Å². The molecule has 16 heavy (non-hydrogen) atoms. The van der Waals surface area contributed by atoms with Gasteiger partial charge in [0, 0.05) is 18.1 Å². The quantitative estimate of drug-likeness (QED) is 0.789. The van der Waals surface area contributed by atoms with E-state index in [2.05, 4.69) is 17.1 Å². The molecule has 2 aliphatic carbocycles. The zero-order valence-corrected chi connectivity index (χ0v) is 10.6. The summed E-state index contributed by atoms with van der Waals surface area (Å²) in [4.78, 5) is 2.72. The lowest BCUT2D eigenvalue weighted by molar-refractivity contribution is 0.183. The van der Waals surface area contributed by atoms with E-state index < -0.39 is 0 Å². The van der Waals surface area contributed by atoms with Crippen LogP contribution in [-0.4, -0.2) is 36.1 Å². The second kappa shape index (κ2) is 4.66. The summed E-state index contributed by atoms with van der Waals surface area (Å²) in [5.74, 6) is 0.962. The van der Waals surface area contributed by atoms with Crippen LogP contribution in [0.4, 0.5) is 0 Å². The number of nitrogens with one attached hydrogen (secondary N) is 1. The molecule has 2 nitrogen and oxygen atoms in total. The molecule has 1 saturated heterocycles. The third-order valence-electron chi connectivity index (χ3n) is 4.76. The molecule has 92 valence electrons. The normalized spacial score (nSPS) is 38.1. The fourth-order valence-electron chi connectivity index (χ4n) is 3.56. The maximum Gasteiger partial charge on any atom is 0.00964 e. The van der Waals surface area contributed by atoms with E-state index in [1.54, 1.807) is 0 Å². The molecular weight excluding hydrogens is 196 g/mol. The van der Waals surface area contributed by atoms with E-state index in [4.69, 9.17) is 0 Å². The molecule has 0 aromatic rings. The Morgan fingerprint density at radius 1 is 0.875 bits per heavy atom. The van der Waals surface area contributed by atoms with Crippen molar-refractivity contribution in [2.24, 2.45) is 5.92 Å². The SMILES string of the molecule is CC1CCC(NC2CCN(C3CC3)CC2)C1. The topological polar surface area (TPSA) is 15.3 Å². The lowest BCUT2D eigenvalue weighted by atomic mass is 10.0. The van der Waals surface area contributed by atoms with E-state index in [0.29, 0.717) is 0 Å². The van der Waals surface area contributed by atoms with Crippen LogP contribution in [0.25, 0.3) is 0 Å². The van der Waals surface area contributed by atoms with Gasteiger partial charge in [0.1, 0.15) is 0 Å². The largest absolute Gasteiger partial charge is 0.311 e. The predicted molar refractivity (Wildman–Crippen MR) is 67.6 cm³/mol. The van der Waals surface area contributed by atoms with Crippen molar-refractivity contribution in [2.45, 2.75) is 70.0 Å². The third-order valence-corrected chi connectivity index (χ3v) is 4.76. The van der Waals surface area contributed by atoms with Gasteiger partial charge in [0.05, 0.1) is 0 Å². The Hall–Kier alpha value is -0.0800. The van der Waals surface area contributed by atoms with Crippen LogP contribution in [0.15, 0.2) is 0 Å². The van der Waals surface area contributed by atoms with Crippen molar-refractivity contribution >= 4 is 0 Å². The van der Waals surface area contributed by atoms with Crippen LogP contribution in [0.2, 0.25) is 0 Å². The molecule has 2 unspecified atom stereocenters. The first-order chi connectivity index (χ1) is 7.81. The first kappa shape index (κ1) is 11.0. The van der Waals surface area contributed by atoms with Gasteiger partial charge in [0.15, 0.2) is 0 Å². The van der Waals surface area contributed by atoms with E-state index in [0.717, 1.165) is 24.0 Å². The summed E-state index contributed by atoms with van der Waals surface area (Å²) >= 11 is 0. The van der Waals surface area contributed by atoms with Gasteiger partial charge in [0.25, 0.3) is 0 Å². The average molecular weight is 222 g/mol. The minimum atomic E-state index is 0.824. The molecule has 0 radical (unpaired) electrons. The lowest BCUT2D eigenvalue weighted by Crippen LogP contribution is -2.46. The van der Waals surface area contributed by atoms with E-state index in [9.17, 15) is 0 Å². The summed E-state index contributed by atoms with van der Waals surface area (Å²) < 4.78 is 0. The Morgan fingerprint density at radius 3 is 2.19 bits per heavy atom. The molecule has 3 rings (SSSR count). The Bertz CT molecular complexity index is 229. The van der Waals surface area contributed by atoms with Crippen molar-refractivity contribution in [2.75, 3.05) is 13.1 Å². The van der Waals surface area contributed by atoms with Crippen molar-refractivity contribution in [3.8, 4) is 0 Å². The molecule has 0 aromatic heterocycles. The number of piperidine rings is 1. The fraction of sp³-hybridized carbons (Fsp3) is 1.00. The van der Waals surface area contributed by atoms with Crippen LogP contribution < -0.4 is 5.32 Å². The molecule has 1 heterocycles. The van der Waals surface area contributed by atoms with Gasteiger partial charge in [-0.2, -0.15) is 0 Å². The number of hydrogen-bond donors (Lipinski definition) is 1. The molecule has 3 aliphatic rings. The summed E-state index contributed by atoms with van der Waals surface area (Å²) in [6.07, 6.45) is 10.0. The van der Waals surface area contributed by atoms with E-state index in [1.165, 1.54) is 58.0 Å². The van der Waals surface area contributed by atoms with Gasteiger partial charge in [-0.1, -0.05) is 6.92 Å². The smallest absolute Gasteiger partial charge is 0.00964 e. The predicted octanol–water partition coefficient (Wildman–Crippen LogP) is 2.39. The molecule has 0 amide bonds. The molecule has 0 bridgehead atoms. The third kappa shape index (κ3) is 2.60. The van der Waals surface area contributed by atoms with E-state index in [-0.39, 0.29) is 0 Å². The first-order valence-corrected chi connectivity index (χ1v) is 7.31. The van der Waals surface area contributed by atoms with Crippen molar-refractivity contribution < 1.29 is 0 Å². The Kier molecular flexibility index (Phi) is 3.21. The Morgan fingerprint density at radius 2 is 1.62 bits per heavy atom. The summed E-state index contributed by atoms with van der Waals surface area (Å²) in [7, 11) is 0. The molecule has 0 aromatic carbocycles. The monoisotopic (exact) mass is 222 g/mol. The Labute approximate surface area is 99.8 Å². The highest BCUT2D eigenvalue weighted by atomic mass is 15.2. The van der Waals surface area contributed by atoms with Crippen molar-refractivity contribution in [3.05, 3.63) is 0 Å². The summed E-state index contributed by atoms with van der Waals surface area (Å²) in [6.45, 7) is 5.10. The number of likely N-dealkylation sites (tertiary alicyclic amines) is 1. The average Bonchev–Trinajstić information content (AvgIpc) is 3.05. The summed E-state index contributed by atoms with van der Waals surface area (Å²) in [5.41, 5.74) is 0. The number of rotatable bonds is 3. The Balaban J connectivity index is 1.40. The molecular formula is C14H26N2. The minimum Gasteiger partial charge on any atom is -0.311 e. The van der Waals surface area contributed by atoms with Crippen molar-refractivity contribution in [3.63, 3.8) is 0 Å². The summed E-state index contributed by atoms with van der Waals surface area (Å²) in [5, 5.41) is 3.90. The van der Waals surface area contributed by atoms with Crippen LogP contribution in [0, 0.1) is 5.92 Å². The van der Waals surface area contributed by atoms with Crippen LogP contribution in [0.3, 0.4) is 0 Å². The lowest BCUT2D eigenvalue weighted by Gasteiger charge is -2.34. The van der Waals surface area contributed by atoms with Crippen LogP contribution in [-0.2, 0) is 0 Å². The highest BCUT2D eigenvalue weighted by molar-refractivity contribution is 4.90. The van der Waals surface area contributed by atoms with E-state index in [1.807, 2.05) is 0 Å². The maximum atomic E-state index is 3.90. The standard InChI is InChI=1S/C14H26N2/c1-11-2-3-13(10-11)15-12-6-8-16(9-7-12)14-4-5-14/h11-15H,2-10H2,1H3. The van der Waals surface area contributed by atoms with Crippen molar-refractivity contribution in [1.29, 1.82) is 0 Å². The molecule has 2 saturated carbocycles. The van der Waals surface area contributed by atoms with Crippen molar-refractivity contribution in [1.82, 2.24) is 10.2 Å². The summed E-state index contributed by atoms with van der Waals surface area (Å²) in [6, 6.07) is 2.64. The number of hydrogen-bond acceptors (Lipinski definition) is 2. The van der Waals surface area contributed by atoms with Gasteiger partial charge in [-0.3, -0.25) is 0 Å². The van der Waals surface area contributed by atoms with Gasteiger partial charge < -0.3 is 10.2 Å². The fourth-order valence-corrected chi connectivity index (χ4v) is 3.56. The van der Waals surface area contributed by atoms with Crippen LogP contribution >= 0.6 is 0 Å². The molecule has 0 spiro atoms. The molecule has 1 aliphatic heterocycles. The maximum absolute atomic E-state index is 3.90. The highest BCUT2D eigenvalue weighted by Crippen LogP contribution is 2.30. The first-order valence-electron chi connectivity index (χ1n) is 7.31. The van der Waals surface area contributed by atoms with E-state index >= 15 is 0 Å². The van der Waals surface area contributed by atoms with Gasteiger partial charge >= 0.3 is 0 Å². The second-order valence-corrected chi connectivity index (χ2v) is 6.32. The molecule has 2 atom stereocenters. The zero-order chi connectivity index (χ0) is 11.0. The second-order valence-electron chi connectivity index (χ2n) is 6.32. The molecule has 3 fully saturated rings.